The lowest BCUT2D eigenvalue weighted by atomic mass is 10.2. The summed E-state index contributed by atoms with van der Waals surface area (Å²) in [5, 5.41) is 19.8. The Balaban J connectivity index is 1.47. The van der Waals surface area contributed by atoms with Crippen molar-refractivity contribution in [1.29, 1.82) is 0 Å². The number of rotatable bonds is 8. The smallest absolute Gasteiger partial charge is 0.258 e. The summed E-state index contributed by atoms with van der Waals surface area (Å²) in [7, 11) is 0. The number of benzene rings is 1. The van der Waals surface area contributed by atoms with Crippen molar-refractivity contribution in [3.8, 4) is 0 Å². The van der Waals surface area contributed by atoms with Crippen LogP contribution in [-0.2, 0) is 10.5 Å². The van der Waals surface area contributed by atoms with Crippen molar-refractivity contribution >= 4 is 63.4 Å². The molecule has 0 atom stereocenters. The minimum absolute atomic E-state index is 0.0900. The Morgan fingerprint density at radius 2 is 1.96 bits per heavy atom. The molecule has 2 aromatic heterocycles. The average molecular weight is 444 g/mol. The molecule has 0 aliphatic rings. The molecule has 0 radical (unpaired) electrons. The molecule has 3 rings (SSSR count). The molecule has 2 heterocycles. The van der Waals surface area contributed by atoms with E-state index in [0.717, 1.165) is 32.1 Å². The van der Waals surface area contributed by atoms with E-state index < -0.39 is 0 Å². The third kappa shape index (κ3) is 5.46. The monoisotopic (exact) mass is 443 g/mol. The van der Waals surface area contributed by atoms with Crippen molar-refractivity contribution in [2.75, 3.05) is 22.3 Å². The zero-order chi connectivity index (χ0) is 19.2. The summed E-state index contributed by atoms with van der Waals surface area (Å²) in [4.78, 5) is 12.0. The van der Waals surface area contributed by atoms with Crippen molar-refractivity contribution in [3.05, 3.63) is 34.9 Å². The lowest BCUT2D eigenvalue weighted by molar-refractivity contribution is -0.113. The standard InChI is InChI=1S/C13H14ClN9OS3/c14-8-3-1-7(2-4-8)5-26-13-22-20-11(27-13)17-9(24)6-25-12-21-19-10(18-15)23(12)16/h1-4H,5-6,15-16H2,(H,18,19)(H,17,20,24). The van der Waals surface area contributed by atoms with E-state index in [-0.39, 0.29) is 17.6 Å². The third-order valence-corrected chi connectivity index (χ3v) is 6.29. The highest BCUT2D eigenvalue weighted by molar-refractivity contribution is 8.00. The average Bonchev–Trinajstić information content (AvgIpc) is 3.25. The lowest BCUT2D eigenvalue weighted by Gasteiger charge is -2.02. The Morgan fingerprint density at radius 3 is 2.67 bits per heavy atom. The highest BCUT2D eigenvalue weighted by atomic mass is 35.5. The largest absolute Gasteiger partial charge is 0.334 e. The second-order valence-corrected chi connectivity index (χ2v) is 8.52. The first kappa shape index (κ1) is 19.7. The lowest BCUT2D eigenvalue weighted by Crippen LogP contribution is -2.19. The summed E-state index contributed by atoms with van der Waals surface area (Å²) in [6, 6.07) is 7.60. The van der Waals surface area contributed by atoms with E-state index >= 15 is 0 Å². The van der Waals surface area contributed by atoms with Gasteiger partial charge in [0.2, 0.25) is 16.2 Å². The molecule has 0 aliphatic heterocycles. The van der Waals surface area contributed by atoms with Crippen molar-refractivity contribution in [3.63, 3.8) is 0 Å². The van der Waals surface area contributed by atoms with Gasteiger partial charge in [-0.1, -0.05) is 58.6 Å². The topological polar surface area (TPSA) is 150 Å². The fourth-order valence-corrected chi connectivity index (χ4v) is 4.31. The molecule has 0 fully saturated rings. The number of thioether (sulfide) groups is 2. The number of aromatic nitrogens is 5. The Hall–Kier alpha value is -2.06. The molecule has 0 aliphatic carbocycles. The Bertz CT molecular complexity index is 914. The maximum atomic E-state index is 12.0. The maximum Gasteiger partial charge on any atom is 0.258 e. The minimum atomic E-state index is -0.254. The molecule has 0 bridgehead atoms. The fraction of sp³-hybridized carbons (Fsp3) is 0.154. The van der Waals surface area contributed by atoms with Crippen LogP contribution in [0.15, 0.2) is 33.8 Å². The van der Waals surface area contributed by atoms with Gasteiger partial charge in [0, 0.05) is 10.8 Å². The van der Waals surface area contributed by atoms with Crippen LogP contribution < -0.4 is 22.4 Å². The molecule has 0 unspecified atom stereocenters. The molecule has 6 N–H and O–H groups in total. The number of halogens is 1. The summed E-state index contributed by atoms with van der Waals surface area (Å²) >= 11 is 9.83. The zero-order valence-electron chi connectivity index (χ0n) is 13.6. The predicted molar refractivity (Wildman–Crippen MR) is 108 cm³/mol. The first-order valence-electron chi connectivity index (χ1n) is 7.35. The molecule has 27 heavy (non-hydrogen) atoms. The maximum absolute atomic E-state index is 12.0. The Labute approximate surface area is 171 Å². The molecule has 14 heteroatoms. The SMILES string of the molecule is NNc1nnc(SCC(=O)Nc2nnc(SCc3ccc(Cl)cc3)s2)n1N. The van der Waals surface area contributed by atoms with Crippen LogP contribution in [0.4, 0.5) is 11.1 Å². The summed E-state index contributed by atoms with van der Waals surface area (Å²) in [5.41, 5.74) is 3.42. The van der Waals surface area contributed by atoms with E-state index in [0.29, 0.717) is 15.3 Å². The van der Waals surface area contributed by atoms with Crippen LogP contribution in [0, 0.1) is 0 Å². The number of amides is 1. The van der Waals surface area contributed by atoms with Gasteiger partial charge in [-0.3, -0.25) is 15.5 Å². The molecule has 142 valence electrons. The summed E-state index contributed by atoms with van der Waals surface area (Å²) in [6.45, 7) is 0. The van der Waals surface area contributed by atoms with Crippen LogP contribution in [0.25, 0.3) is 0 Å². The van der Waals surface area contributed by atoms with Gasteiger partial charge in [-0.15, -0.1) is 20.4 Å². The number of nitrogens with one attached hydrogen (secondary N) is 2. The fourth-order valence-electron chi connectivity index (χ4n) is 1.80. The number of carbonyl (C=O) groups is 1. The van der Waals surface area contributed by atoms with Crippen LogP contribution >= 0.6 is 46.5 Å². The van der Waals surface area contributed by atoms with Crippen LogP contribution in [-0.4, -0.2) is 36.7 Å². The molecule has 1 amide bonds. The highest BCUT2D eigenvalue weighted by Crippen LogP contribution is 2.28. The van der Waals surface area contributed by atoms with Crippen molar-refractivity contribution in [1.82, 2.24) is 25.1 Å². The van der Waals surface area contributed by atoms with Crippen LogP contribution in [0.2, 0.25) is 5.02 Å². The van der Waals surface area contributed by atoms with E-state index in [2.05, 4.69) is 31.1 Å². The number of hydrazine groups is 1. The number of nitrogens with zero attached hydrogens (tertiary/aromatic N) is 5. The van der Waals surface area contributed by atoms with Gasteiger partial charge in [-0.05, 0) is 17.7 Å². The molecular weight excluding hydrogens is 430 g/mol. The number of anilines is 2. The van der Waals surface area contributed by atoms with Gasteiger partial charge >= 0.3 is 0 Å². The first-order valence-corrected chi connectivity index (χ1v) is 10.5. The van der Waals surface area contributed by atoms with Crippen LogP contribution in [0.5, 0.6) is 0 Å². The summed E-state index contributed by atoms with van der Waals surface area (Å²) in [6.07, 6.45) is 0. The van der Waals surface area contributed by atoms with Gasteiger partial charge in [0.05, 0.1) is 5.75 Å². The molecule has 0 spiro atoms. The number of hydrogen-bond acceptors (Lipinski definition) is 11. The normalized spacial score (nSPS) is 10.7. The van der Waals surface area contributed by atoms with E-state index in [1.807, 2.05) is 24.3 Å². The predicted octanol–water partition coefficient (Wildman–Crippen LogP) is 1.81. The molecular formula is C13H14ClN9OS3. The van der Waals surface area contributed by atoms with Gasteiger partial charge in [0.15, 0.2) is 4.34 Å². The molecule has 3 aromatic rings. The summed E-state index contributed by atoms with van der Waals surface area (Å²) < 4.78 is 1.92. The van der Waals surface area contributed by atoms with Gasteiger partial charge in [-0.2, -0.15) is 0 Å². The van der Waals surface area contributed by atoms with Crippen molar-refractivity contribution in [2.24, 2.45) is 5.84 Å². The van der Waals surface area contributed by atoms with Gasteiger partial charge in [0.1, 0.15) is 0 Å². The molecule has 10 nitrogen and oxygen atoms in total. The van der Waals surface area contributed by atoms with Gasteiger partial charge in [-0.25, -0.2) is 10.5 Å². The van der Waals surface area contributed by atoms with E-state index in [1.54, 1.807) is 0 Å². The minimum Gasteiger partial charge on any atom is -0.334 e. The highest BCUT2D eigenvalue weighted by Gasteiger charge is 2.13. The Morgan fingerprint density at radius 1 is 1.19 bits per heavy atom. The van der Waals surface area contributed by atoms with Crippen LogP contribution in [0.1, 0.15) is 5.56 Å². The summed E-state index contributed by atoms with van der Waals surface area (Å²) in [5.74, 6) is 11.7. The number of carbonyl (C=O) groups excluding carboxylic acids is 1. The zero-order valence-corrected chi connectivity index (χ0v) is 16.8. The third-order valence-electron chi connectivity index (χ3n) is 3.05. The second-order valence-electron chi connectivity index (χ2n) is 4.95. The molecule has 1 aromatic carbocycles. The number of nitrogen functional groups attached to an aromatic ring is 2. The van der Waals surface area contributed by atoms with Crippen molar-refractivity contribution < 1.29 is 4.79 Å². The second kappa shape index (κ2) is 9.23. The van der Waals surface area contributed by atoms with E-state index in [4.69, 9.17) is 23.3 Å². The molecule has 0 saturated heterocycles. The molecule has 0 saturated carbocycles. The quantitative estimate of drug-likeness (QED) is 0.175. The first-order chi connectivity index (χ1) is 13.0. The van der Waals surface area contributed by atoms with Crippen LogP contribution in [0.3, 0.4) is 0 Å². The van der Waals surface area contributed by atoms with E-state index in [9.17, 15) is 4.79 Å². The Kier molecular flexibility index (Phi) is 6.73. The van der Waals surface area contributed by atoms with Crippen molar-refractivity contribution in [2.45, 2.75) is 15.2 Å². The van der Waals surface area contributed by atoms with E-state index in [1.165, 1.54) is 23.1 Å². The number of nitrogens with two attached hydrogens (primary N) is 2. The van der Waals surface area contributed by atoms with Gasteiger partial charge < -0.3 is 5.84 Å². The van der Waals surface area contributed by atoms with Gasteiger partial charge in [0.25, 0.3) is 5.95 Å². The number of hydrogen-bond donors (Lipinski definition) is 4.